The van der Waals surface area contributed by atoms with Crippen molar-refractivity contribution in [1.29, 1.82) is 0 Å². The van der Waals surface area contributed by atoms with Crippen LogP contribution in [0, 0.1) is 0 Å². The average molecular weight is 275 g/mol. The Balaban J connectivity index is 1.88. The largest absolute Gasteiger partial charge is 0.423 e. The normalized spacial score (nSPS) is 14.1. The van der Waals surface area contributed by atoms with Crippen molar-refractivity contribution in [2.75, 3.05) is 0 Å². The van der Waals surface area contributed by atoms with Crippen LogP contribution < -0.4 is 0 Å². The van der Waals surface area contributed by atoms with Gasteiger partial charge >= 0.3 is 0 Å². The second-order valence-electron chi connectivity index (χ2n) is 5.61. The van der Waals surface area contributed by atoms with Gasteiger partial charge in [0.15, 0.2) is 0 Å². The van der Waals surface area contributed by atoms with E-state index in [4.69, 9.17) is 4.42 Å². The van der Waals surface area contributed by atoms with Gasteiger partial charge in [-0.25, -0.2) is 0 Å². The summed E-state index contributed by atoms with van der Waals surface area (Å²) in [5.41, 5.74) is 6.34. The predicted molar refractivity (Wildman–Crippen MR) is 81.1 cm³/mol. The number of hydrogen-bond acceptors (Lipinski definition) is 3. The molecule has 0 saturated carbocycles. The molecule has 2 aromatic heterocycles. The third-order valence-corrected chi connectivity index (χ3v) is 4.45. The molecule has 2 heterocycles. The monoisotopic (exact) mass is 275 g/mol. The maximum Gasteiger partial charge on any atom is 0.247 e. The van der Waals surface area contributed by atoms with Gasteiger partial charge in [0, 0.05) is 27.4 Å². The Morgan fingerprint density at radius 3 is 2.90 bits per heavy atom. The maximum absolute atomic E-state index is 5.32. The number of aromatic nitrogens is 3. The summed E-state index contributed by atoms with van der Waals surface area (Å²) in [6.45, 7) is 0. The fourth-order valence-corrected chi connectivity index (χ4v) is 3.52. The van der Waals surface area contributed by atoms with Crippen LogP contribution in [0.25, 0.3) is 33.3 Å². The van der Waals surface area contributed by atoms with Crippen LogP contribution in [0.3, 0.4) is 0 Å². The molecule has 0 bridgehead atoms. The summed E-state index contributed by atoms with van der Waals surface area (Å²) in [4.78, 5) is 3.51. The van der Waals surface area contributed by atoms with Crippen LogP contribution in [0.4, 0.5) is 0 Å². The number of rotatable bonds is 1. The molecule has 0 aliphatic heterocycles. The van der Waals surface area contributed by atoms with Gasteiger partial charge in [0.2, 0.25) is 12.3 Å². The van der Waals surface area contributed by atoms with Crippen LogP contribution in [-0.4, -0.2) is 15.2 Å². The molecule has 0 radical (unpaired) electrons. The van der Waals surface area contributed by atoms with E-state index in [1.807, 2.05) is 6.07 Å². The zero-order valence-electron chi connectivity index (χ0n) is 11.4. The second kappa shape index (κ2) is 3.95. The summed E-state index contributed by atoms with van der Waals surface area (Å²) < 4.78 is 5.32. The zero-order valence-corrected chi connectivity index (χ0v) is 11.4. The number of fused-ring (bicyclic) bond motifs is 5. The average Bonchev–Trinajstić information content (AvgIpc) is 3.24. The molecule has 4 heteroatoms. The summed E-state index contributed by atoms with van der Waals surface area (Å²) in [5.74, 6) is 0.568. The standard InChI is InChI=1S/C17H13N3O/c1-2-10-4-7-15-16(12(10)3-1)13-8-11(5-6-14(13)19-15)17-20-18-9-21-17/h4-9,19H,1-3H2. The van der Waals surface area contributed by atoms with Gasteiger partial charge in [0.05, 0.1) is 0 Å². The summed E-state index contributed by atoms with van der Waals surface area (Å²) >= 11 is 0. The predicted octanol–water partition coefficient (Wildman–Crippen LogP) is 3.86. The first kappa shape index (κ1) is 11.1. The third kappa shape index (κ3) is 1.50. The van der Waals surface area contributed by atoms with Gasteiger partial charge in [-0.05, 0) is 54.7 Å². The molecule has 1 N–H and O–H groups in total. The Bertz CT molecular complexity index is 967. The Morgan fingerprint density at radius 2 is 2.00 bits per heavy atom. The summed E-state index contributed by atoms with van der Waals surface area (Å²) in [6.07, 6.45) is 4.99. The highest BCUT2D eigenvalue weighted by molar-refractivity contribution is 6.10. The van der Waals surface area contributed by atoms with E-state index in [0.717, 1.165) is 11.1 Å². The molecule has 0 saturated heterocycles. The number of H-pyrrole nitrogens is 1. The van der Waals surface area contributed by atoms with E-state index in [2.05, 4.69) is 39.4 Å². The summed E-state index contributed by atoms with van der Waals surface area (Å²) in [6, 6.07) is 10.7. The van der Waals surface area contributed by atoms with E-state index in [0.29, 0.717) is 5.89 Å². The molecule has 0 fully saturated rings. The molecule has 5 rings (SSSR count). The summed E-state index contributed by atoms with van der Waals surface area (Å²) in [7, 11) is 0. The van der Waals surface area contributed by atoms with Crippen molar-refractivity contribution in [3.8, 4) is 11.5 Å². The van der Waals surface area contributed by atoms with Gasteiger partial charge in [0.25, 0.3) is 0 Å². The second-order valence-corrected chi connectivity index (χ2v) is 5.61. The Labute approximate surface area is 120 Å². The molecule has 102 valence electrons. The minimum Gasteiger partial charge on any atom is -0.423 e. The molecule has 1 aliphatic carbocycles. The van der Waals surface area contributed by atoms with E-state index < -0.39 is 0 Å². The SMILES string of the molecule is c1nnc(-c2ccc3[nH]c4ccc5c(c4c3c2)CCC5)o1. The molecular formula is C17H13N3O. The van der Waals surface area contributed by atoms with Crippen LogP contribution in [0.5, 0.6) is 0 Å². The molecular weight excluding hydrogens is 262 g/mol. The molecule has 0 amide bonds. The van der Waals surface area contributed by atoms with Crippen LogP contribution in [0.1, 0.15) is 17.5 Å². The minimum atomic E-state index is 0.568. The Hall–Kier alpha value is -2.62. The maximum atomic E-state index is 5.32. The lowest BCUT2D eigenvalue weighted by atomic mass is 10.0. The van der Waals surface area contributed by atoms with Crippen LogP contribution >= 0.6 is 0 Å². The van der Waals surface area contributed by atoms with E-state index >= 15 is 0 Å². The van der Waals surface area contributed by atoms with Gasteiger partial charge in [-0.1, -0.05) is 6.07 Å². The molecule has 4 nitrogen and oxygen atoms in total. The first-order chi connectivity index (χ1) is 10.4. The van der Waals surface area contributed by atoms with Crippen LogP contribution in [0.15, 0.2) is 41.1 Å². The Kier molecular flexibility index (Phi) is 2.08. The Morgan fingerprint density at radius 1 is 1.05 bits per heavy atom. The van der Waals surface area contributed by atoms with E-state index in [-0.39, 0.29) is 0 Å². The zero-order chi connectivity index (χ0) is 13.8. The highest BCUT2D eigenvalue weighted by Gasteiger charge is 2.17. The number of benzene rings is 2. The quantitative estimate of drug-likeness (QED) is 0.574. The molecule has 0 spiro atoms. The van der Waals surface area contributed by atoms with Crippen molar-refractivity contribution in [3.05, 3.63) is 47.9 Å². The van der Waals surface area contributed by atoms with Gasteiger partial charge in [0.1, 0.15) is 0 Å². The van der Waals surface area contributed by atoms with Gasteiger partial charge in [-0.2, -0.15) is 0 Å². The fourth-order valence-electron chi connectivity index (χ4n) is 3.52. The number of aryl methyl sites for hydroxylation is 2. The first-order valence-corrected chi connectivity index (χ1v) is 7.23. The van der Waals surface area contributed by atoms with Crippen molar-refractivity contribution in [2.45, 2.75) is 19.3 Å². The number of aromatic amines is 1. The topological polar surface area (TPSA) is 54.7 Å². The van der Waals surface area contributed by atoms with Gasteiger partial charge < -0.3 is 9.40 Å². The highest BCUT2D eigenvalue weighted by Crippen LogP contribution is 2.36. The lowest BCUT2D eigenvalue weighted by Crippen LogP contribution is -1.83. The van der Waals surface area contributed by atoms with Crippen molar-refractivity contribution >= 4 is 21.8 Å². The van der Waals surface area contributed by atoms with Crippen LogP contribution in [-0.2, 0) is 12.8 Å². The first-order valence-electron chi connectivity index (χ1n) is 7.23. The van der Waals surface area contributed by atoms with E-state index in [1.54, 1.807) is 0 Å². The van der Waals surface area contributed by atoms with E-state index in [9.17, 15) is 0 Å². The van der Waals surface area contributed by atoms with Gasteiger partial charge in [-0.15, -0.1) is 10.2 Å². The van der Waals surface area contributed by atoms with E-state index in [1.165, 1.54) is 53.1 Å². The number of nitrogens with one attached hydrogen (secondary N) is 1. The van der Waals surface area contributed by atoms with Crippen LogP contribution in [0.2, 0.25) is 0 Å². The molecule has 2 aromatic carbocycles. The smallest absolute Gasteiger partial charge is 0.247 e. The molecule has 21 heavy (non-hydrogen) atoms. The molecule has 0 unspecified atom stereocenters. The lowest BCUT2D eigenvalue weighted by Gasteiger charge is -2.02. The van der Waals surface area contributed by atoms with Crippen molar-refractivity contribution in [1.82, 2.24) is 15.2 Å². The minimum absolute atomic E-state index is 0.568. The van der Waals surface area contributed by atoms with Crippen molar-refractivity contribution < 1.29 is 4.42 Å². The number of nitrogens with zero attached hydrogens (tertiary/aromatic N) is 2. The molecule has 0 atom stereocenters. The molecule has 4 aromatic rings. The van der Waals surface area contributed by atoms with Crippen molar-refractivity contribution in [3.63, 3.8) is 0 Å². The highest BCUT2D eigenvalue weighted by atomic mass is 16.4. The lowest BCUT2D eigenvalue weighted by molar-refractivity contribution is 0.569. The fraction of sp³-hybridized carbons (Fsp3) is 0.176. The third-order valence-electron chi connectivity index (χ3n) is 4.45. The van der Waals surface area contributed by atoms with Gasteiger partial charge in [-0.3, -0.25) is 0 Å². The van der Waals surface area contributed by atoms with Crippen molar-refractivity contribution in [2.24, 2.45) is 0 Å². The number of hydrogen-bond donors (Lipinski definition) is 1. The summed E-state index contributed by atoms with van der Waals surface area (Å²) in [5, 5.41) is 10.4. The molecule has 1 aliphatic rings.